The number of nitrogens with one attached hydrogen (secondary N) is 1. The first-order valence-electron chi connectivity index (χ1n) is 6.15. The van der Waals surface area contributed by atoms with Gasteiger partial charge in [-0.3, -0.25) is 14.9 Å². The zero-order chi connectivity index (χ0) is 14.6. The van der Waals surface area contributed by atoms with Crippen molar-refractivity contribution in [1.82, 2.24) is 5.32 Å². The van der Waals surface area contributed by atoms with Crippen LogP contribution in [0.4, 0.5) is 11.4 Å². The molecule has 0 saturated heterocycles. The summed E-state index contributed by atoms with van der Waals surface area (Å²) in [5.74, 6) is 0.476. The second kappa shape index (κ2) is 6.17. The van der Waals surface area contributed by atoms with Crippen molar-refractivity contribution in [3.8, 4) is 0 Å². The third kappa shape index (κ3) is 3.94. The largest absolute Gasteiger partial charge is 0.393 e. The summed E-state index contributed by atoms with van der Waals surface area (Å²) < 4.78 is 0. The zero-order valence-corrected chi connectivity index (χ0v) is 11.3. The summed E-state index contributed by atoms with van der Waals surface area (Å²) >= 11 is 0. The summed E-state index contributed by atoms with van der Waals surface area (Å²) in [5.41, 5.74) is 5.53. The molecule has 1 rings (SSSR count). The van der Waals surface area contributed by atoms with E-state index in [4.69, 9.17) is 5.73 Å². The SMILES string of the molecule is CC(C)C(C)CNC(=O)c1ccc(N)c([N+](=O)[O-])c1. The Morgan fingerprint density at radius 1 is 1.42 bits per heavy atom. The van der Waals surface area contributed by atoms with Crippen LogP contribution in [0.3, 0.4) is 0 Å². The number of hydrogen-bond acceptors (Lipinski definition) is 4. The molecule has 0 spiro atoms. The van der Waals surface area contributed by atoms with E-state index in [-0.39, 0.29) is 22.8 Å². The van der Waals surface area contributed by atoms with E-state index in [2.05, 4.69) is 19.2 Å². The number of nitro benzene ring substituents is 1. The van der Waals surface area contributed by atoms with Crippen molar-refractivity contribution < 1.29 is 9.72 Å². The first-order valence-corrected chi connectivity index (χ1v) is 6.15. The van der Waals surface area contributed by atoms with Crippen molar-refractivity contribution in [3.63, 3.8) is 0 Å². The highest BCUT2D eigenvalue weighted by Gasteiger charge is 2.16. The van der Waals surface area contributed by atoms with Gasteiger partial charge in [-0.1, -0.05) is 20.8 Å². The second-order valence-corrected chi connectivity index (χ2v) is 4.96. The van der Waals surface area contributed by atoms with Crippen LogP contribution in [-0.2, 0) is 0 Å². The number of hydrogen-bond donors (Lipinski definition) is 2. The van der Waals surface area contributed by atoms with Gasteiger partial charge in [-0.15, -0.1) is 0 Å². The third-order valence-corrected chi connectivity index (χ3v) is 3.21. The number of amides is 1. The molecule has 0 aromatic heterocycles. The number of carbonyl (C=O) groups excluding carboxylic acids is 1. The molecule has 0 bridgehead atoms. The molecule has 0 aliphatic carbocycles. The highest BCUT2D eigenvalue weighted by molar-refractivity contribution is 5.95. The van der Waals surface area contributed by atoms with E-state index in [0.29, 0.717) is 18.4 Å². The lowest BCUT2D eigenvalue weighted by molar-refractivity contribution is -0.383. The number of nitro groups is 1. The van der Waals surface area contributed by atoms with Crippen LogP contribution in [0.25, 0.3) is 0 Å². The minimum Gasteiger partial charge on any atom is -0.393 e. The summed E-state index contributed by atoms with van der Waals surface area (Å²) in [4.78, 5) is 22.0. The smallest absolute Gasteiger partial charge is 0.292 e. The molecule has 1 amide bonds. The van der Waals surface area contributed by atoms with Crippen LogP contribution < -0.4 is 11.1 Å². The van der Waals surface area contributed by atoms with Crippen molar-refractivity contribution in [2.75, 3.05) is 12.3 Å². The van der Waals surface area contributed by atoms with Crippen LogP contribution in [0, 0.1) is 22.0 Å². The van der Waals surface area contributed by atoms with Gasteiger partial charge in [0.1, 0.15) is 5.69 Å². The number of nitrogen functional groups attached to an aromatic ring is 1. The van der Waals surface area contributed by atoms with Gasteiger partial charge >= 0.3 is 0 Å². The average Bonchev–Trinajstić information content (AvgIpc) is 2.35. The van der Waals surface area contributed by atoms with E-state index < -0.39 is 4.92 Å². The van der Waals surface area contributed by atoms with Crippen LogP contribution in [0.5, 0.6) is 0 Å². The van der Waals surface area contributed by atoms with Crippen LogP contribution in [0.2, 0.25) is 0 Å². The minimum absolute atomic E-state index is 0.0529. The Morgan fingerprint density at radius 2 is 2.05 bits per heavy atom. The van der Waals surface area contributed by atoms with Gasteiger partial charge in [-0.25, -0.2) is 0 Å². The maximum Gasteiger partial charge on any atom is 0.292 e. The first-order chi connectivity index (χ1) is 8.82. The van der Waals surface area contributed by atoms with Crippen LogP contribution >= 0.6 is 0 Å². The van der Waals surface area contributed by atoms with Gasteiger partial charge in [0.2, 0.25) is 0 Å². The number of benzene rings is 1. The molecule has 1 atom stereocenters. The Bertz CT molecular complexity index is 486. The molecule has 0 saturated carbocycles. The van der Waals surface area contributed by atoms with Gasteiger partial charge in [-0.2, -0.15) is 0 Å². The minimum atomic E-state index is -0.594. The lowest BCUT2D eigenvalue weighted by atomic mass is 9.98. The molecular weight excluding hydrogens is 246 g/mol. The van der Waals surface area contributed by atoms with Gasteiger partial charge in [0.05, 0.1) is 4.92 Å². The van der Waals surface area contributed by atoms with Crippen LogP contribution in [0.1, 0.15) is 31.1 Å². The normalized spacial score (nSPS) is 12.2. The fourth-order valence-corrected chi connectivity index (χ4v) is 1.43. The van der Waals surface area contributed by atoms with Gasteiger partial charge < -0.3 is 11.1 Å². The number of anilines is 1. The van der Waals surface area contributed by atoms with E-state index in [1.54, 1.807) is 0 Å². The molecule has 6 heteroatoms. The Morgan fingerprint density at radius 3 is 2.58 bits per heavy atom. The van der Waals surface area contributed by atoms with E-state index >= 15 is 0 Å². The summed E-state index contributed by atoms with van der Waals surface area (Å²) in [6.07, 6.45) is 0. The maximum atomic E-state index is 11.9. The Balaban J connectivity index is 2.78. The molecule has 0 heterocycles. The molecule has 0 aliphatic rings. The van der Waals surface area contributed by atoms with Gasteiger partial charge in [0, 0.05) is 18.2 Å². The molecule has 0 aliphatic heterocycles. The summed E-state index contributed by atoms with van der Waals surface area (Å²) in [6.45, 7) is 6.72. The predicted octanol–water partition coefficient (Wildman–Crippen LogP) is 2.20. The molecule has 0 radical (unpaired) electrons. The van der Waals surface area contributed by atoms with Crippen molar-refractivity contribution in [2.24, 2.45) is 11.8 Å². The lowest BCUT2D eigenvalue weighted by Crippen LogP contribution is -2.30. The summed E-state index contributed by atoms with van der Waals surface area (Å²) in [5, 5.41) is 13.5. The van der Waals surface area contributed by atoms with Gasteiger partial charge in [0.25, 0.3) is 11.6 Å². The molecule has 0 fully saturated rings. The van der Waals surface area contributed by atoms with Crippen molar-refractivity contribution in [3.05, 3.63) is 33.9 Å². The highest BCUT2D eigenvalue weighted by atomic mass is 16.6. The van der Waals surface area contributed by atoms with E-state index in [9.17, 15) is 14.9 Å². The van der Waals surface area contributed by atoms with Crippen molar-refractivity contribution in [2.45, 2.75) is 20.8 Å². The summed E-state index contributed by atoms with van der Waals surface area (Å²) in [6, 6.07) is 4.06. The lowest BCUT2D eigenvalue weighted by Gasteiger charge is -2.16. The van der Waals surface area contributed by atoms with Crippen LogP contribution in [0.15, 0.2) is 18.2 Å². The fourth-order valence-electron chi connectivity index (χ4n) is 1.43. The topological polar surface area (TPSA) is 98.3 Å². The van der Waals surface area contributed by atoms with E-state index in [0.717, 1.165) is 0 Å². The fraction of sp³-hybridized carbons (Fsp3) is 0.462. The number of carbonyl (C=O) groups is 1. The average molecular weight is 265 g/mol. The third-order valence-electron chi connectivity index (χ3n) is 3.21. The second-order valence-electron chi connectivity index (χ2n) is 4.96. The first kappa shape index (κ1) is 14.9. The summed E-state index contributed by atoms with van der Waals surface area (Å²) in [7, 11) is 0. The highest BCUT2D eigenvalue weighted by Crippen LogP contribution is 2.22. The quantitative estimate of drug-likeness (QED) is 0.484. The molecule has 3 N–H and O–H groups in total. The van der Waals surface area contributed by atoms with Gasteiger partial charge in [0.15, 0.2) is 0 Å². The molecule has 1 aromatic carbocycles. The predicted molar refractivity (Wildman–Crippen MR) is 73.8 cm³/mol. The zero-order valence-electron chi connectivity index (χ0n) is 11.3. The molecule has 1 unspecified atom stereocenters. The Kier molecular flexibility index (Phi) is 4.86. The van der Waals surface area contributed by atoms with Crippen molar-refractivity contribution in [1.29, 1.82) is 0 Å². The van der Waals surface area contributed by atoms with Gasteiger partial charge in [-0.05, 0) is 24.0 Å². The van der Waals surface area contributed by atoms with Crippen molar-refractivity contribution >= 4 is 17.3 Å². The number of nitrogens with two attached hydrogens (primary N) is 1. The number of nitrogens with zero attached hydrogens (tertiary/aromatic N) is 1. The van der Waals surface area contributed by atoms with Crippen LogP contribution in [-0.4, -0.2) is 17.4 Å². The Labute approximate surface area is 112 Å². The van der Waals surface area contributed by atoms with E-state index in [1.165, 1.54) is 18.2 Å². The molecule has 104 valence electrons. The standard InChI is InChI=1S/C13H19N3O3/c1-8(2)9(3)7-15-13(17)10-4-5-11(14)12(6-10)16(18)19/h4-6,8-9H,7,14H2,1-3H3,(H,15,17). The molecule has 19 heavy (non-hydrogen) atoms. The van der Waals surface area contributed by atoms with E-state index in [1.807, 2.05) is 6.92 Å². The Hall–Kier alpha value is -2.11. The molecular formula is C13H19N3O3. The maximum absolute atomic E-state index is 11.9. The molecule has 6 nitrogen and oxygen atoms in total. The molecule has 1 aromatic rings. The monoisotopic (exact) mass is 265 g/mol. The number of rotatable bonds is 5.